The topological polar surface area (TPSA) is 228 Å². The van der Waals surface area contributed by atoms with Crippen LogP contribution in [-0.4, -0.2) is 76.2 Å². The van der Waals surface area contributed by atoms with Crippen LogP contribution in [0, 0.1) is 5.92 Å². The largest absolute Gasteiger partial charge is 0.480 e. The Hall–Kier alpha value is -3.22. The van der Waals surface area contributed by atoms with Crippen LogP contribution in [0.3, 0.4) is 0 Å². The lowest BCUT2D eigenvalue weighted by molar-refractivity contribution is -0.149. The first-order chi connectivity index (χ1) is 15.3. The van der Waals surface area contributed by atoms with Crippen LogP contribution in [0.2, 0.25) is 0 Å². The van der Waals surface area contributed by atoms with E-state index in [1.54, 1.807) is 0 Å². The Bertz CT molecular complexity index is 772. The summed E-state index contributed by atoms with van der Waals surface area (Å²) in [6.07, 6.45) is 0.204. The number of amides is 5. The van der Waals surface area contributed by atoms with Crippen molar-refractivity contribution in [3.8, 4) is 0 Å². The Morgan fingerprint density at radius 2 is 1.61 bits per heavy atom. The maximum absolute atomic E-state index is 13.0. The molecular formula is C20H34N6O7. The summed E-state index contributed by atoms with van der Waals surface area (Å²) in [7, 11) is 0. The number of primary amides is 2. The van der Waals surface area contributed by atoms with Gasteiger partial charge in [0.05, 0.1) is 12.5 Å². The lowest BCUT2D eigenvalue weighted by atomic mass is 10.0. The summed E-state index contributed by atoms with van der Waals surface area (Å²) in [6, 6.07) is -4.58. The maximum atomic E-state index is 13.0. The molecule has 0 radical (unpaired) electrons. The molecule has 1 saturated heterocycles. The number of nitrogens with two attached hydrogens (primary N) is 3. The predicted octanol–water partition coefficient (Wildman–Crippen LogP) is -2.45. The van der Waals surface area contributed by atoms with Crippen molar-refractivity contribution in [1.29, 1.82) is 0 Å². The van der Waals surface area contributed by atoms with E-state index in [1.807, 2.05) is 13.8 Å². The van der Waals surface area contributed by atoms with Crippen LogP contribution in [0.5, 0.6) is 0 Å². The van der Waals surface area contributed by atoms with Gasteiger partial charge in [0.25, 0.3) is 0 Å². The molecule has 4 atom stereocenters. The summed E-state index contributed by atoms with van der Waals surface area (Å²) in [6.45, 7) is 3.83. The van der Waals surface area contributed by atoms with Crippen LogP contribution in [-0.2, 0) is 28.8 Å². The van der Waals surface area contributed by atoms with Gasteiger partial charge >= 0.3 is 5.97 Å². The number of nitrogens with zero attached hydrogens (tertiary/aromatic N) is 1. The van der Waals surface area contributed by atoms with Gasteiger partial charge in [-0.05, 0) is 31.6 Å². The van der Waals surface area contributed by atoms with E-state index >= 15 is 0 Å². The Morgan fingerprint density at radius 3 is 2.12 bits per heavy atom. The second-order valence-corrected chi connectivity index (χ2v) is 8.56. The van der Waals surface area contributed by atoms with Gasteiger partial charge in [0, 0.05) is 13.0 Å². The van der Waals surface area contributed by atoms with Crippen molar-refractivity contribution in [2.24, 2.45) is 23.1 Å². The molecule has 4 unspecified atom stereocenters. The lowest BCUT2D eigenvalue weighted by Gasteiger charge is -2.29. The molecule has 1 heterocycles. The van der Waals surface area contributed by atoms with Gasteiger partial charge in [-0.15, -0.1) is 0 Å². The van der Waals surface area contributed by atoms with Gasteiger partial charge in [0.1, 0.15) is 18.1 Å². The molecule has 0 aromatic rings. The van der Waals surface area contributed by atoms with Crippen molar-refractivity contribution in [3.05, 3.63) is 0 Å². The molecule has 0 aliphatic carbocycles. The third-order valence-corrected chi connectivity index (χ3v) is 5.21. The van der Waals surface area contributed by atoms with Crippen LogP contribution in [0.15, 0.2) is 0 Å². The van der Waals surface area contributed by atoms with E-state index < -0.39 is 66.1 Å². The standard InChI is InChI=1S/C20H34N6O7/c1-10(2)8-13(25-17(29)11(21)9-16(23)28)18(30)24-12(5-6-15(22)27)19(31)26-7-3-4-14(26)20(32)33/h10-14H,3-9,21H2,1-2H3,(H2,22,27)(H2,23,28)(H,24,30)(H,25,29)(H,32,33). The third kappa shape index (κ3) is 9.04. The Morgan fingerprint density at radius 1 is 1.00 bits per heavy atom. The van der Waals surface area contributed by atoms with E-state index in [0.29, 0.717) is 6.42 Å². The number of hydrogen-bond donors (Lipinski definition) is 6. The van der Waals surface area contributed by atoms with Crippen molar-refractivity contribution in [2.45, 2.75) is 76.5 Å². The Balaban J connectivity index is 3.02. The summed E-state index contributed by atoms with van der Waals surface area (Å²) in [4.78, 5) is 73.3. The lowest BCUT2D eigenvalue weighted by Crippen LogP contribution is -2.57. The molecule has 5 amide bonds. The number of carbonyl (C=O) groups is 6. The highest BCUT2D eigenvalue weighted by Gasteiger charge is 2.38. The molecule has 33 heavy (non-hydrogen) atoms. The summed E-state index contributed by atoms with van der Waals surface area (Å²) in [5, 5.41) is 14.4. The second-order valence-electron chi connectivity index (χ2n) is 8.56. The molecule has 0 aromatic heterocycles. The normalized spacial score (nSPS) is 18.3. The van der Waals surface area contributed by atoms with Crippen molar-refractivity contribution in [1.82, 2.24) is 15.5 Å². The van der Waals surface area contributed by atoms with E-state index in [1.165, 1.54) is 0 Å². The summed E-state index contributed by atoms with van der Waals surface area (Å²) >= 11 is 0. The number of likely N-dealkylation sites (tertiary alicyclic amines) is 1. The zero-order valence-electron chi connectivity index (χ0n) is 18.9. The first-order valence-electron chi connectivity index (χ1n) is 10.8. The minimum absolute atomic E-state index is 0.0387. The van der Waals surface area contributed by atoms with Gasteiger partial charge in [-0.25, -0.2) is 4.79 Å². The number of carbonyl (C=O) groups excluding carboxylic acids is 5. The summed E-state index contributed by atoms with van der Waals surface area (Å²) in [5.41, 5.74) is 15.9. The molecule has 186 valence electrons. The monoisotopic (exact) mass is 470 g/mol. The summed E-state index contributed by atoms with van der Waals surface area (Å²) < 4.78 is 0. The minimum Gasteiger partial charge on any atom is -0.480 e. The molecule has 9 N–H and O–H groups in total. The SMILES string of the molecule is CC(C)CC(NC(=O)C(N)CC(N)=O)C(=O)NC(CCC(N)=O)C(=O)N1CCCC1C(=O)O. The number of carboxylic acid groups (broad SMARTS) is 1. The third-order valence-electron chi connectivity index (χ3n) is 5.21. The second kappa shape index (κ2) is 12.7. The van der Waals surface area contributed by atoms with E-state index in [4.69, 9.17) is 17.2 Å². The van der Waals surface area contributed by atoms with Gasteiger partial charge in [0.2, 0.25) is 29.5 Å². The fourth-order valence-corrected chi connectivity index (χ4v) is 3.59. The van der Waals surface area contributed by atoms with Crippen molar-refractivity contribution >= 4 is 35.5 Å². The zero-order chi connectivity index (χ0) is 25.3. The zero-order valence-corrected chi connectivity index (χ0v) is 18.9. The van der Waals surface area contributed by atoms with E-state index in [2.05, 4.69) is 10.6 Å². The van der Waals surface area contributed by atoms with Gasteiger partial charge in [-0.3, -0.25) is 24.0 Å². The minimum atomic E-state index is -1.25. The number of nitrogens with one attached hydrogen (secondary N) is 2. The molecule has 0 aromatic carbocycles. The quantitative estimate of drug-likeness (QED) is 0.169. The number of rotatable bonds is 13. The van der Waals surface area contributed by atoms with Gasteiger partial charge in [-0.2, -0.15) is 0 Å². The van der Waals surface area contributed by atoms with Crippen LogP contribution in [0.4, 0.5) is 0 Å². The Kier molecular flexibility index (Phi) is 10.7. The molecule has 13 heteroatoms. The van der Waals surface area contributed by atoms with Crippen LogP contribution < -0.4 is 27.8 Å². The average molecular weight is 471 g/mol. The molecule has 1 fully saturated rings. The molecule has 0 bridgehead atoms. The van der Waals surface area contributed by atoms with Crippen LogP contribution in [0.25, 0.3) is 0 Å². The molecule has 13 nitrogen and oxygen atoms in total. The molecule has 0 saturated carbocycles. The smallest absolute Gasteiger partial charge is 0.326 e. The van der Waals surface area contributed by atoms with Crippen molar-refractivity contribution < 1.29 is 33.9 Å². The van der Waals surface area contributed by atoms with Crippen LogP contribution in [0.1, 0.15) is 52.4 Å². The number of carboxylic acids is 1. The molecule has 1 aliphatic heterocycles. The highest BCUT2D eigenvalue weighted by atomic mass is 16.4. The van der Waals surface area contributed by atoms with Crippen molar-refractivity contribution in [2.75, 3.05) is 6.54 Å². The van der Waals surface area contributed by atoms with E-state index in [9.17, 15) is 33.9 Å². The average Bonchev–Trinajstić information content (AvgIpc) is 3.19. The molecule has 0 spiro atoms. The fourth-order valence-electron chi connectivity index (χ4n) is 3.59. The highest BCUT2D eigenvalue weighted by Crippen LogP contribution is 2.20. The van der Waals surface area contributed by atoms with Gasteiger partial charge in [0.15, 0.2) is 0 Å². The molecule has 1 aliphatic rings. The summed E-state index contributed by atoms with van der Waals surface area (Å²) in [5.74, 6) is -4.79. The molecular weight excluding hydrogens is 436 g/mol. The Labute approximate surface area is 191 Å². The van der Waals surface area contributed by atoms with Crippen molar-refractivity contribution in [3.63, 3.8) is 0 Å². The van der Waals surface area contributed by atoms with E-state index in [-0.39, 0.29) is 38.1 Å². The first kappa shape index (κ1) is 27.8. The predicted molar refractivity (Wildman–Crippen MR) is 116 cm³/mol. The number of aliphatic carboxylic acids is 1. The van der Waals surface area contributed by atoms with Gasteiger partial charge < -0.3 is 37.8 Å². The van der Waals surface area contributed by atoms with E-state index in [0.717, 1.165) is 4.90 Å². The molecule has 1 rings (SSSR count). The van der Waals surface area contributed by atoms with Crippen LogP contribution >= 0.6 is 0 Å². The first-order valence-corrected chi connectivity index (χ1v) is 10.8. The van der Waals surface area contributed by atoms with Gasteiger partial charge in [-0.1, -0.05) is 13.8 Å². The number of hydrogen-bond acceptors (Lipinski definition) is 7. The fraction of sp³-hybridized carbons (Fsp3) is 0.700. The maximum Gasteiger partial charge on any atom is 0.326 e. The highest BCUT2D eigenvalue weighted by molar-refractivity contribution is 5.95.